The summed E-state index contributed by atoms with van der Waals surface area (Å²) in [5.74, 6) is 2.33. The summed E-state index contributed by atoms with van der Waals surface area (Å²) in [4.78, 5) is 5.02. The molecule has 0 bridgehead atoms. The van der Waals surface area contributed by atoms with Crippen molar-refractivity contribution in [1.29, 1.82) is 0 Å². The van der Waals surface area contributed by atoms with E-state index in [0.717, 1.165) is 61.0 Å². The van der Waals surface area contributed by atoms with Gasteiger partial charge in [-0.15, -0.1) is 0 Å². The van der Waals surface area contributed by atoms with Crippen LogP contribution in [0.4, 0.5) is 0 Å². The van der Waals surface area contributed by atoms with E-state index in [2.05, 4.69) is 233 Å². The number of fused-ring (bicyclic) bond motifs is 5. The number of aromatic nitrogens is 4. The molecule has 0 radical (unpaired) electrons. The Morgan fingerprint density at radius 2 is 1.11 bits per heavy atom. The summed E-state index contributed by atoms with van der Waals surface area (Å²) in [6, 6.07) is 66.5. The molecule has 1 aliphatic rings. The number of aryl methyl sites for hydroxylation is 1. The van der Waals surface area contributed by atoms with Crippen molar-refractivity contribution in [2.45, 2.75) is 90.9 Å². The molecular formula is C68H62N4OPt. The topological polar surface area (TPSA) is 36.9 Å². The molecule has 1 aliphatic carbocycles. The van der Waals surface area contributed by atoms with Crippen LogP contribution >= 0.6 is 0 Å². The third kappa shape index (κ3) is 8.40. The summed E-state index contributed by atoms with van der Waals surface area (Å²) < 4.78 is 41.4. The molecular weight excluding hydrogens is 1080 g/mol. The molecule has 0 N–H and O–H groups in total. The van der Waals surface area contributed by atoms with Crippen molar-refractivity contribution in [3.63, 3.8) is 0 Å². The Kier molecular flexibility index (Phi) is 11.1. The van der Waals surface area contributed by atoms with Gasteiger partial charge in [-0.1, -0.05) is 63.2 Å². The Morgan fingerprint density at radius 1 is 0.527 bits per heavy atom. The van der Waals surface area contributed by atoms with E-state index < -0.39 is 6.85 Å². The van der Waals surface area contributed by atoms with Gasteiger partial charge in [-0.25, -0.2) is 4.98 Å². The molecule has 11 aromatic rings. The van der Waals surface area contributed by atoms with Crippen LogP contribution in [0.5, 0.6) is 11.5 Å². The minimum atomic E-state index is -2.39. The minimum absolute atomic E-state index is 0.0282. The molecule has 2 atom stereocenters. The second kappa shape index (κ2) is 18.6. The van der Waals surface area contributed by atoms with Gasteiger partial charge in [0.25, 0.3) is 0 Å². The van der Waals surface area contributed by atoms with E-state index in [1.807, 2.05) is 30.3 Å². The van der Waals surface area contributed by atoms with Gasteiger partial charge in [0.05, 0.1) is 0 Å². The summed E-state index contributed by atoms with van der Waals surface area (Å²) in [7, 11) is 0. The van der Waals surface area contributed by atoms with Gasteiger partial charge in [-0.05, 0) is 41.1 Å². The Hall–Kier alpha value is -7.33. The zero-order chi connectivity index (χ0) is 53.5. The minimum Gasteiger partial charge on any atom is -0.238 e. The predicted molar refractivity (Wildman–Crippen MR) is 304 cm³/mol. The van der Waals surface area contributed by atoms with E-state index in [1.54, 1.807) is 12.3 Å². The first-order valence-electron chi connectivity index (χ1n) is 27.4. The Bertz CT molecular complexity index is 4060. The van der Waals surface area contributed by atoms with Crippen molar-refractivity contribution < 1.29 is 28.2 Å². The number of pyridine rings is 1. The largest absolute Gasteiger partial charge is 0.238 e. The number of hydrogen-bond donors (Lipinski definition) is 0. The molecule has 3 aromatic heterocycles. The summed E-state index contributed by atoms with van der Waals surface area (Å²) in [5.41, 5.74) is 16.6. The van der Waals surface area contributed by atoms with Crippen molar-refractivity contribution in [3.8, 4) is 56.4 Å². The average molecular weight is 1150 g/mol. The third-order valence-electron chi connectivity index (χ3n) is 15.3. The Morgan fingerprint density at radius 3 is 1.77 bits per heavy atom. The van der Waals surface area contributed by atoms with Crippen LogP contribution in [0, 0.1) is 10.7 Å². The van der Waals surface area contributed by atoms with Crippen LogP contribution in [0.25, 0.3) is 77.7 Å². The maximum Gasteiger partial charge on any atom is 0.0374 e. The molecule has 0 spiro atoms. The number of benzene rings is 8. The number of hydrogen-bond acceptors (Lipinski definition) is 2. The van der Waals surface area contributed by atoms with Gasteiger partial charge in [-0.2, -0.15) is 0 Å². The number of rotatable bonds is 8. The molecule has 5 nitrogen and oxygen atoms in total. The monoisotopic (exact) mass is 1150 g/mol. The molecule has 12 rings (SSSR count). The first kappa shape index (κ1) is 44.2. The van der Waals surface area contributed by atoms with Crippen LogP contribution in [0.2, 0.25) is 0 Å². The van der Waals surface area contributed by atoms with Gasteiger partial charge in [0.2, 0.25) is 0 Å². The number of para-hydroxylation sites is 3. The van der Waals surface area contributed by atoms with Crippen LogP contribution in [-0.2, 0) is 30.2 Å². The second-order valence-electron chi connectivity index (χ2n) is 22.2. The molecule has 6 heteroatoms. The van der Waals surface area contributed by atoms with Gasteiger partial charge in [-0.3, -0.25) is 0 Å². The second-order valence-corrected chi connectivity index (χ2v) is 23.2. The van der Waals surface area contributed by atoms with Gasteiger partial charge >= 0.3 is 328 Å². The van der Waals surface area contributed by atoms with Crippen molar-refractivity contribution >= 4 is 32.8 Å². The van der Waals surface area contributed by atoms with Crippen molar-refractivity contribution in [3.05, 3.63) is 226 Å². The van der Waals surface area contributed by atoms with Crippen LogP contribution in [0.15, 0.2) is 194 Å². The smallest absolute Gasteiger partial charge is 0.0374 e. The van der Waals surface area contributed by atoms with Crippen LogP contribution in [-0.4, -0.2) is 18.7 Å². The van der Waals surface area contributed by atoms with Crippen molar-refractivity contribution in [2.24, 2.45) is 0 Å². The zero-order valence-corrected chi connectivity index (χ0v) is 45.3. The summed E-state index contributed by atoms with van der Waals surface area (Å²) in [6.45, 7) is 13.4. The maximum absolute atomic E-state index is 8.73. The normalized spacial score (nSPS) is 15.8. The van der Waals surface area contributed by atoms with E-state index in [9.17, 15) is 0 Å². The number of imidazole rings is 1. The fourth-order valence-corrected chi connectivity index (χ4v) is 12.5. The molecule has 3 heterocycles. The third-order valence-corrected chi connectivity index (χ3v) is 16.4. The van der Waals surface area contributed by atoms with E-state index >= 15 is 0 Å². The number of ether oxygens (including phenoxy) is 1. The zero-order valence-electron chi connectivity index (χ0n) is 46.1. The van der Waals surface area contributed by atoms with E-state index in [0.29, 0.717) is 23.0 Å². The van der Waals surface area contributed by atoms with E-state index in [1.165, 1.54) is 50.0 Å². The molecule has 0 saturated heterocycles. The van der Waals surface area contributed by atoms with E-state index in [-0.39, 0.29) is 22.4 Å². The van der Waals surface area contributed by atoms with Gasteiger partial charge < -0.3 is 0 Å². The van der Waals surface area contributed by atoms with E-state index in [4.69, 9.17) is 13.8 Å². The van der Waals surface area contributed by atoms with Crippen molar-refractivity contribution in [2.75, 3.05) is 0 Å². The fourth-order valence-electron chi connectivity index (χ4n) is 11.3. The van der Waals surface area contributed by atoms with Crippen LogP contribution in [0.1, 0.15) is 105 Å². The fraction of sp³-hybridized carbons (Fsp3) is 0.206. The molecule has 0 saturated carbocycles. The first-order chi connectivity index (χ1) is 36.9. The molecule has 2 unspecified atom stereocenters. The average Bonchev–Trinajstić information content (AvgIpc) is 4.17. The standard InChI is InChI=1S/C68H62N4O.Pt/c1-44-27-36-60(70-43-71(63-26-18-17-25-62(63)70)66-56(46-19-11-9-12-20-46)38-50(68(6,7)8)39-57(66)47-21-13-10-14-22-47)58-40-51(32-34-53(44)58)73-52-33-35-55-54-23-15-16-24-61(54)72(64(55)41-52)65-37-45(2)59(42-69-65)48-28-30-49(31-29-48)67(3,4)5;/h9-26,28-35,37-42,44,60H,27,36H2,1-8H3;/i2D3;. The molecule has 74 heavy (non-hydrogen) atoms. The predicted octanol–water partition coefficient (Wildman–Crippen LogP) is 18.2. The molecule has 370 valence electrons. The molecule has 0 amide bonds. The van der Waals surface area contributed by atoms with Crippen molar-refractivity contribution in [1.82, 2.24) is 18.7 Å². The summed E-state index contributed by atoms with van der Waals surface area (Å²) in [6.07, 6.45) is 3.73. The van der Waals surface area contributed by atoms with Gasteiger partial charge in [0.15, 0.2) is 0 Å². The van der Waals surface area contributed by atoms with Gasteiger partial charge in [0.1, 0.15) is 0 Å². The van der Waals surface area contributed by atoms with Gasteiger partial charge in [0, 0.05) is 15.9 Å². The SMILES string of the molecule is [2H]C([2H])([2H])c1cc(-n2c3ccccc3c3ccc(Oc4ccc5c(c4)C(n4[c](=[Pt])n(-c6c(-c7ccccc7)cc(C(C)(C)C)cc6-c6ccccc6)c6ccccc64)CCC5C)cc32)ncc1-c1ccc(C(C)(C)C)cc1. The Balaban J connectivity index is 0.976. The molecule has 0 fully saturated rings. The molecule has 8 aromatic carbocycles. The Labute approximate surface area is 450 Å². The molecule has 0 aliphatic heterocycles. The number of nitrogens with zero attached hydrogens (tertiary/aromatic N) is 4. The summed E-state index contributed by atoms with van der Waals surface area (Å²) in [5, 5.41) is 2.06. The summed E-state index contributed by atoms with van der Waals surface area (Å²) >= 11 is 2.60. The quantitative estimate of drug-likeness (QED) is 0.152. The van der Waals surface area contributed by atoms with Crippen LogP contribution in [0.3, 0.4) is 0 Å². The van der Waals surface area contributed by atoms with Crippen LogP contribution < -0.4 is 4.74 Å². The maximum atomic E-state index is 8.73. The first-order valence-corrected chi connectivity index (χ1v) is 27.0.